The molecule has 38 heavy (non-hydrogen) atoms. The third-order valence-electron chi connectivity index (χ3n) is 7.53. The number of Topliss-reactive ketones (excluding diaryl/α,β-unsaturated/α-hetero) is 2. The molecule has 0 aromatic heterocycles. The molecule has 11 nitrogen and oxygen atoms in total. The summed E-state index contributed by atoms with van der Waals surface area (Å²) in [6, 6.07) is 9.56. The molecule has 2 amide bonds. The van der Waals surface area contributed by atoms with Gasteiger partial charge in [-0.25, -0.2) is 4.79 Å². The second-order valence-electron chi connectivity index (χ2n) is 9.56. The van der Waals surface area contributed by atoms with Gasteiger partial charge in [-0.1, -0.05) is 18.2 Å². The van der Waals surface area contributed by atoms with Crippen LogP contribution in [0.3, 0.4) is 0 Å². The van der Waals surface area contributed by atoms with Gasteiger partial charge in [0.2, 0.25) is 5.78 Å². The van der Waals surface area contributed by atoms with Crippen molar-refractivity contribution in [2.45, 2.75) is 24.9 Å². The predicted octanol–water partition coefficient (Wildman–Crippen LogP) is 1.81. The minimum atomic E-state index is -2.61. The smallest absolute Gasteiger partial charge is 0.412 e. The van der Waals surface area contributed by atoms with Gasteiger partial charge >= 0.3 is 6.09 Å². The van der Waals surface area contributed by atoms with Crippen molar-refractivity contribution in [1.29, 1.82) is 0 Å². The summed E-state index contributed by atoms with van der Waals surface area (Å²) in [6.45, 7) is 0. The topological polar surface area (TPSA) is 196 Å². The van der Waals surface area contributed by atoms with E-state index < -0.39 is 58.1 Å². The van der Waals surface area contributed by atoms with E-state index >= 15 is 0 Å². The zero-order valence-corrected chi connectivity index (χ0v) is 20.1. The molecule has 7 N–H and O–H groups in total. The third kappa shape index (κ3) is 3.54. The van der Waals surface area contributed by atoms with Crippen molar-refractivity contribution in [3.8, 4) is 22.6 Å². The van der Waals surface area contributed by atoms with Gasteiger partial charge in [0.05, 0.1) is 5.56 Å². The lowest BCUT2D eigenvalue weighted by Crippen LogP contribution is -2.58. The van der Waals surface area contributed by atoms with E-state index in [0.717, 1.165) is 0 Å². The molecule has 2 aromatic rings. The maximum Gasteiger partial charge on any atom is 0.412 e. The number of ether oxygens (including phenoxy) is 1. The Bertz CT molecular complexity index is 1490. The number of nitrogens with one attached hydrogen (secondary N) is 1. The highest BCUT2D eigenvalue weighted by Gasteiger charge is 2.60. The van der Waals surface area contributed by atoms with Crippen LogP contribution in [0.4, 0.5) is 4.79 Å². The number of phenolic OH excluding ortho intramolecular Hbond substituents is 1. The number of aliphatic hydroxyl groups is 3. The summed E-state index contributed by atoms with van der Waals surface area (Å²) in [5, 5.41) is 46.2. The first-order valence-corrected chi connectivity index (χ1v) is 11.8. The molecular weight excluding hydrogens is 496 g/mol. The summed E-state index contributed by atoms with van der Waals surface area (Å²) in [4.78, 5) is 49.3. The van der Waals surface area contributed by atoms with E-state index in [2.05, 4.69) is 5.32 Å². The number of aliphatic hydroxyl groups excluding tert-OH is 2. The molecule has 3 atom stereocenters. The van der Waals surface area contributed by atoms with Crippen molar-refractivity contribution < 1.29 is 44.3 Å². The van der Waals surface area contributed by atoms with Crippen LogP contribution in [0.25, 0.3) is 16.9 Å². The second-order valence-corrected chi connectivity index (χ2v) is 9.56. The molecule has 0 unspecified atom stereocenters. The van der Waals surface area contributed by atoms with Crippen LogP contribution < -0.4 is 15.8 Å². The number of fused-ring (bicyclic) bond motifs is 3. The molecule has 0 spiro atoms. The maximum absolute atomic E-state index is 13.6. The molecule has 11 heteroatoms. The summed E-state index contributed by atoms with van der Waals surface area (Å²) in [5.74, 6) is -6.46. The summed E-state index contributed by atoms with van der Waals surface area (Å²) in [5.41, 5.74) is 3.42. The van der Waals surface area contributed by atoms with E-state index in [1.54, 1.807) is 30.3 Å². The van der Waals surface area contributed by atoms with Crippen molar-refractivity contribution in [1.82, 2.24) is 5.32 Å². The molecule has 5 rings (SSSR count). The first kappa shape index (κ1) is 25.0. The Labute approximate surface area is 215 Å². The van der Waals surface area contributed by atoms with Crippen LogP contribution >= 0.6 is 0 Å². The van der Waals surface area contributed by atoms with E-state index in [-0.39, 0.29) is 36.1 Å². The zero-order chi connectivity index (χ0) is 27.5. The van der Waals surface area contributed by atoms with Gasteiger partial charge in [-0.3, -0.25) is 14.4 Å². The number of ketones is 2. The van der Waals surface area contributed by atoms with Crippen molar-refractivity contribution in [3.63, 3.8) is 0 Å². The molecule has 3 aliphatic carbocycles. The average Bonchev–Trinajstić information content (AvgIpc) is 2.86. The fourth-order valence-corrected chi connectivity index (χ4v) is 5.75. The number of benzene rings is 2. The van der Waals surface area contributed by atoms with Crippen molar-refractivity contribution in [2.75, 3.05) is 7.05 Å². The normalized spacial score (nSPS) is 24.4. The Morgan fingerprint density at radius 3 is 2.37 bits per heavy atom. The Kier molecular flexibility index (Phi) is 5.75. The van der Waals surface area contributed by atoms with Crippen molar-refractivity contribution in [2.24, 2.45) is 17.6 Å². The van der Waals surface area contributed by atoms with Gasteiger partial charge in [-0.2, -0.15) is 0 Å². The van der Waals surface area contributed by atoms with Crippen LogP contribution in [-0.2, 0) is 20.8 Å². The third-order valence-corrected chi connectivity index (χ3v) is 7.53. The fraction of sp³-hybridized carbons (Fsp3) is 0.259. The lowest BCUT2D eigenvalue weighted by Gasteiger charge is -2.46. The van der Waals surface area contributed by atoms with Crippen LogP contribution in [-0.4, -0.2) is 56.6 Å². The van der Waals surface area contributed by atoms with Gasteiger partial charge in [0.25, 0.3) is 5.91 Å². The number of amides is 2. The first-order chi connectivity index (χ1) is 18.0. The van der Waals surface area contributed by atoms with Gasteiger partial charge in [0, 0.05) is 25.0 Å². The minimum Gasteiger partial charge on any atom is -0.508 e. The minimum absolute atomic E-state index is 0.000294. The van der Waals surface area contributed by atoms with E-state index in [1.807, 2.05) is 0 Å². The number of hydrogen-bond donors (Lipinski definition) is 6. The van der Waals surface area contributed by atoms with E-state index in [1.165, 1.54) is 13.1 Å². The molecule has 3 aliphatic rings. The lowest BCUT2D eigenvalue weighted by molar-refractivity contribution is -0.147. The van der Waals surface area contributed by atoms with Gasteiger partial charge in [-0.15, -0.1) is 0 Å². The standard InChI is InChI=1S/C27H24N2O9/c1-29-26(36)38-14-4-2-11(3-5-14)15-6-7-17(30)20-16(15)9-12-8-13-10-18(31)21(25(28)35)24(34)27(13,37)23(33)19(12)22(20)32/h2-7,12-13,30,32,34,37H,8-10H2,1H3,(H2,28,35)(H,29,36)/t12-,13+,27+/m1/s1. The van der Waals surface area contributed by atoms with Crippen LogP contribution in [0.15, 0.2) is 53.3 Å². The van der Waals surface area contributed by atoms with Gasteiger partial charge in [-0.05, 0) is 53.6 Å². The van der Waals surface area contributed by atoms with Gasteiger partial charge in [0.15, 0.2) is 11.4 Å². The molecule has 1 fully saturated rings. The summed E-state index contributed by atoms with van der Waals surface area (Å²) >= 11 is 0. The molecule has 2 aromatic carbocycles. The second kappa shape index (κ2) is 8.73. The number of hydrogen-bond acceptors (Lipinski definition) is 9. The molecule has 0 bridgehead atoms. The highest BCUT2D eigenvalue weighted by molar-refractivity contribution is 6.22. The van der Waals surface area contributed by atoms with Crippen molar-refractivity contribution >= 4 is 29.3 Å². The van der Waals surface area contributed by atoms with Gasteiger partial charge < -0.3 is 36.2 Å². The molecule has 0 aliphatic heterocycles. The van der Waals surface area contributed by atoms with E-state index in [9.17, 15) is 39.6 Å². The summed E-state index contributed by atoms with van der Waals surface area (Å²) in [7, 11) is 1.43. The fourth-order valence-electron chi connectivity index (χ4n) is 5.75. The molecule has 1 saturated carbocycles. The number of primary amides is 1. The SMILES string of the molecule is CNC(=O)Oc1ccc(-c2ccc(O)c3c2C[C@H]2C[C@H]4CC(=O)C(C(N)=O)=C(O)[C@@]4(O)C(=O)C2=C3O)cc1. The summed E-state index contributed by atoms with van der Waals surface area (Å²) < 4.78 is 5.11. The van der Waals surface area contributed by atoms with Crippen LogP contribution in [0, 0.1) is 11.8 Å². The largest absolute Gasteiger partial charge is 0.508 e. The summed E-state index contributed by atoms with van der Waals surface area (Å²) in [6.07, 6.45) is -0.804. The molecule has 196 valence electrons. The Morgan fingerprint density at radius 1 is 1.05 bits per heavy atom. The molecule has 0 saturated heterocycles. The number of rotatable bonds is 3. The monoisotopic (exact) mass is 520 g/mol. The average molecular weight is 520 g/mol. The maximum atomic E-state index is 13.6. The number of carbonyl (C=O) groups is 4. The number of nitrogens with two attached hydrogens (primary N) is 1. The Balaban J connectivity index is 1.61. The zero-order valence-electron chi connectivity index (χ0n) is 20.1. The lowest BCUT2D eigenvalue weighted by atomic mass is 9.59. The van der Waals surface area contributed by atoms with Crippen LogP contribution in [0.2, 0.25) is 0 Å². The van der Waals surface area contributed by atoms with Crippen molar-refractivity contribution in [3.05, 3.63) is 64.4 Å². The van der Waals surface area contributed by atoms with E-state index in [0.29, 0.717) is 22.4 Å². The Hall–Kier alpha value is -4.64. The Morgan fingerprint density at radius 2 is 1.74 bits per heavy atom. The number of aromatic hydroxyl groups is 1. The number of phenols is 1. The number of carbonyl (C=O) groups excluding carboxylic acids is 4. The van der Waals surface area contributed by atoms with Crippen LogP contribution in [0.1, 0.15) is 24.0 Å². The predicted molar refractivity (Wildman–Crippen MR) is 132 cm³/mol. The van der Waals surface area contributed by atoms with Crippen LogP contribution in [0.5, 0.6) is 11.5 Å². The molecule has 0 radical (unpaired) electrons. The highest BCUT2D eigenvalue weighted by atomic mass is 16.5. The van der Waals surface area contributed by atoms with Gasteiger partial charge in [0.1, 0.15) is 28.6 Å². The molecule has 0 heterocycles. The quantitative estimate of drug-likeness (QED) is 0.327. The first-order valence-electron chi connectivity index (χ1n) is 11.8. The van der Waals surface area contributed by atoms with E-state index in [4.69, 9.17) is 10.5 Å². The highest BCUT2D eigenvalue weighted by Crippen LogP contribution is 2.53. The molecular formula is C27H24N2O9.